The molecule has 0 amide bonds. The first-order valence-electron chi connectivity index (χ1n) is 5.63. The van der Waals surface area contributed by atoms with Crippen molar-refractivity contribution in [2.24, 2.45) is 0 Å². The van der Waals surface area contributed by atoms with Crippen LogP contribution >= 0.6 is 23.1 Å². The summed E-state index contributed by atoms with van der Waals surface area (Å²) in [5, 5.41) is 7.76. The highest BCUT2D eigenvalue weighted by Gasteiger charge is 2.11. The largest absolute Gasteiger partial charge is 0.497 e. The molecule has 0 aliphatic carbocycles. The fraction of sp³-hybridized carbons (Fsp3) is 0.273. The number of thioether (sulfide) groups is 1. The minimum Gasteiger partial charge on any atom is -0.497 e. The zero-order valence-electron chi connectivity index (χ0n) is 10.8. The lowest BCUT2D eigenvalue weighted by molar-refractivity contribution is 0.414. The Bertz CT molecular complexity index is 668. The number of hydrogen-bond donors (Lipinski definition) is 0. The Labute approximate surface area is 125 Å². The average Bonchev–Trinajstić information content (AvgIpc) is 2.86. The second-order valence-corrected chi connectivity index (χ2v) is 7.60. The molecule has 0 spiro atoms. The Hall–Kier alpha value is -1.32. The Kier molecular flexibility index (Phi) is 4.84. The molecule has 0 radical (unpaired) electrons. The van der Waals surface area contributed by atoms with Crippen LogP contribution in [-0.2, 0) is 10.0 Å². The van der Waals surface area contributed by atoms with Gasteiger partial charge in [-0.25, -0.2) is 13.5 Å². The Morgan fingerprint density at radius 1 is 1.30 bits per heavy atom. The van der Waals surface area contributed by atoms with Crippen molar-refractivity contribution in [2.75, 3.05) is 12.9 Å². The molecule has 1 heterocycles. The van der Waals surface area contributed by atoms with Crippen LogP contribution in [0.4, 0.5) is 5.13 Å². The van der Waals surface area contributed by atoms with Crippen molar-refractivity contribution in [1.29, 1.82) is 0 Å². The quantitative estimate of drug-likeness (QED) is 0.757. The van der Waals surface area contributed by atoms with E-state index in [1.54, 1.807) is 12.1 Å². The third-order valence-electron chi connectivity index (χ3n) is 2.22. The van der Waals surface area contributed by atoms with Gasteiger partial charge >= 0.3 is 0 Å². The first-order chi connectivity index (χ1) is 9.55. The van der Waals surface area contributed by atoms with E-state index in [1.807, 2.05) is 6.92 Å². The summed E-state index contributed by atoms with van der Waals surface area (Å²) in [5.41, 5.74) is 0. The van der Waals surface area contributed by atoms with Gasteiger partial charge in [-0.15, -0.1) is 11.3 Å². The first-order valence-corrected chi connectivity index (χ1v) is 8.87. The van der Waals surface area contributed by atoms with E-state index in [-0.39, 0.29) is 10.0 Å². The molecular weight excluding hydrogens is 318 g/mol. The van der Waals surface area contributed by atoms with Gasteiger partial charge in [0, 0.05) is 5.13 Å². The molecule has 20 heavy (non-hydrogen) atoms. The molecular formula is C11H12N3O3S3-. The van der Waals surface area contributed by atoms with Gasteiger partial charge in [-0.2, -0.15) is 0 Å². The number of methoxy groups -OCH3 is 1. The lowest BCUT2D eigenvalue weighted by Gasteiger charge is -2.11. The molecule has 0 saturated carbocycles. The Morgan fingerprint density at radius 3 is 2.60 bits per heavy atom. The number of benzene rings is 1. The van der Waals surface area contributed by atoms with Crippen LogP contribution in [0.3, 0.4) is 0 Å². The van der Waals surface area contributed by atoms with Crippen molar-refractivity contribution in [1.82, 2.24) is 10.2 Å². The van der Waals surface area contributed by atoms with Gasteiger partial charge in [-0.05, 0) is 30.0 Å². The molecule has 108 valence electrons. The van der Waals surface area contributed by atoms with Gasteiger partial charge in [0.05, 0.1) is 12.0 Å². The fourth-order valence-electron chi connectivity index (χ4n) is 1.32. The van der Waals surface area contributed by atoms with Crippen LogP contribution in [-0.4, -0.2) is 31.5 Å². The van der Waals surface area contributed by atoms with E-state index in [9.17, 15) is 8.42 Å². The van der Waals surface area contributed by atoms with Crippen molar-refractivity contribution in [3.8, 4) is 5.75 Å². The van der Waals surface area contributed by atoms with Crippen LogP contribution in [0.15, 0.2) is 33.5 Å². The van der Waals surface area contributed by atoms with E-state index in [0.29, 0.717) is 10.1 Å². The molecule has 0 atom stereocenters. The topological polar surface area (TPSA) is 83.3 Å². The van der Waals surface area contributed by atoms with E-state index in [4.69, 9.17) is 4.74 Å². The van der Waals surface area contributed by atoms with Gasteiger partial charge in [-0.3, -0.25) is 0 Å². The predicted octanol–water partition coefficient (Wildman–Crippen LogP) is 3.05. The predicted molar refractivity (Wildman–Crippen MR) is 79.5 cm³/mol. The summed E-state index contributed by atoms with van der Waals surface area (Å²) in [6, 6.07) is 6.03. The molecule has 0 saturated heterocycles. The van der Waals surface area contributed by atoms with Crippen molar-refractivity contribution in [3.63, 3.8) is 0 Å². The van der Waals surface area contributed by atoms with Crippen LogP contribution in [0.25, 0.3) is 4.72 Å². The third-order valence-corrected chi connectivity index (χ3v) is 5.45. The summed E-state index contributed by atoms with van der Waals surface area (Å²) in [6.07, 6.45) is 0. The summed E-state index contributed by atoms with van der Waals surface area (Å²) < 4.78 is 33.6. The van der Waals surface area contributed by atoms with Gasteiger partial charge in [0.1, 0.15) is 10.1 Å². The second-order valence-electron chi connectivity index (χ2n) is 3.53. The molecule has 9 heteroatoms. The highest BCUT2D eigenvalue weighted by atomic mass is 32.2. The normalized spacial score (nSPS) is 11.3. The molecule has 2 aromatic rings. The van der Waals surface area contributed by atoms with Gasteiger partial charge in [0.2, 0.25) is 10.0 Å². The number of hydrogen-bond acceptors (Lipinski definition) is 7. The number of aromatic nitrogens is 2. The van der Waals surface area contributed by atoms with Crippen LogP contribution in [0.1, 0.15) is 6.92 Å². The van der Waals surface area contributed by atoms with E-state index >= 15 is 0 Å². The summed E-state index contributed by atoms with van der Waals surface area (Å²) in [6.45, 7) is 1.98. The van der Waals surface area contributed by atoms with Crippen LogP contribution in [0.2, 0.25) is 0 Å². The van der Waals surface area contributed by atoms with Crippen molar-refractivity contribution >= 4 is 38.3 Å². The molecule has 0 unspecified atom stereocenters. The van der Waals surface area contributed by atoms with E-state index in [1.165, 1.54) is 31.0 Å². The number of rotatable bonds is 6. The smallest absolute Gasteiger partial charge is 0.203 e. The van der Waals surface area contributed by atoms with Crippen molar-refractivity contribution in [3.05, 3.63) is 29.0 Å². The number of sulfonamides is 1. The molecule has 1 aromatic heterocycles. The molecule has 0 aliphatic rings. The van der Waals surface area contributed by atoms with Gasteiger partial charge < -0.3 is 14.6 Å². The lowest BCUT2D eigenvalue weighted by Crippen LogP contribution is -1.97. The maximum Gasteiger partial charge on any atom is 0.203 e. The number of nitrogens with zero attached hydrogens (tertiary/aromatic N) is 3. The number of ether oxygens (including phenoxy) is 1. The van der Waals surface area contributed by atoms with E-state index in [0.717, 1.165) is 17.1 Å². The molecule has 2 rings (SSSR count). The monoisotopic (exact) mass is 330 g/mol. The van der Waals surface area contributed by atoms with Crippen molar-refractivity contribution in [2.45, 2.75) is 16.2 Å². The average molecular weight is 330 g/mol. The van der Waals surface area contributed by atoms with Crippen LogP contribution < -0.4 is 4.74 Å². The summed E-state index contributed by atoms with van der Waals surface area (Å²) >= 11 is 2.65. The minimum atomic E-state index is -3.77. The first kappa shape index (κ1) is 15.1. The van der Waals surface area contributed by atoms with Gasteiger partial charge in [0.15, 0.2) is 0 Å². The molecule has 0 fully saturated rings. The molecule has 0 N–H and O–H groups in total. The zero-order chi connectivity index (χ0) is 14.6. The highest BCUT2D eigenvalue weighted by Crippen LogP contribution is 2.34. The minimum absolute atomic E-state index is 0.0956. The Morgan fingerprint density at radius 2 is 2.00 bits per heavy atom. The maximum atomic E-state index is 12.1. The maximum absolute atomic E-state index is 12.1. The molecule has 0 bridgehead atoms. The van der Waals surface area contributed by atoms with E-state index < -0.39 is 10.0 Å². The van der Waals surface area contributed by atoms with Gasteiger partial charge in [0.25, 0.3) is 0 Å². The SMILES string of the molecule is CCSc1nnc([N-]S(=O)(=O)c2ccc(OC)cc2)s1. The molecule has 0 aliphatic heterocycles. The Balaban J connectivity index is 2.16. The molecule has 6 nitrogen and oxygen atoms in total. The molecule has 1 aromatic carbocycles. The zero-order valence-corrected chi connectivity index (χ0v) is 13.3. The summed E-state index contributed by atoms with van der Waals surface area (Å²) in [7, 11) is -2.26. The second kappa shape index (κ2) is 6.42. The standard InChI is InChI=1S/C11H12N3O3S3/c1-3-18-11-13-12-10(19-11)14-20(15,16)9-6-4-8(17-2)5-7-9/h4-7H,3H2,1-2H3/q-1. The third kappa shape index (κ3) is 3.62. The lowest BCUT2D eigenvalue weighted by atomic mass is 10.3. The fourth-order valence-corrected chi connectivity index (χ4v) is 4.07. The van der Waals surface area contributed by atoms with Crippen LogP contribution in [0, 0.1) is 0 Å². The summed E-state index contributed by atoms with van der Waals surface area (Å²) in [4.78, 5) is 0.0956. The van der Waals surface area contributed by atoms with Gasteiger partial charge in [-0.1, -0.05) is 18.7 Å². The van der Waals surface area contributed by atoms with Crippen LogP contribution in [0.5, 0.6) is 5.75 Å². The van der Waals surface area contributed by atoms with Crippen molar-refractivity contribution < 1.29 is 13.2 Å². The highest BCUT2D eigenvalue weighted by molar-refractivity contribution is 8.01. The van der Waals surface area contributed by atoms with E-state index in [2.05, 4.69) is 14.9 Å². The summed E-state index contributed by atoms with van der Waals surface area (Å²) in [5.74, 6) is 1.43.